The van der Waals surface area contributed by atoms with Gasteiger partial charge in [0.2, 0.25) is 0 Å². The molecule has 2 heteroatoms. The summed E-state index contributed by atoms with van der Waals surface area (Å²) in [6.45, 7) is 9.66. The van der Waals surface area contributed by atoms with E-state index in [-0.39, 0.29) is 0 Å². The van der Waals surface area contributed by atoms with Crippen LogP contribution in [0.4, 0.5) is 0 Å². The van der Waals surface area contributed by atoms with Crippen molar-refractivity contribution < 1.29 is 4.74 Å². The summed E-state index contributed by atoms with van der Waals surface area (Å²) in [5.41, 5.74) is 0. The molecule has 0 rings (SSSR count). The maximum absolute atomic E-state index is 4.54. The van der Waals surface area contributed by atoms with Gasteiger partial charge in [-0.1, -0.05) is 26.2 Å². The molecular weight excluding hydrogens is 162 g/mol. The molecule has 2 nitrogen and oxygen atoms in total. The molecule has 0 unspecified atom stereocenters. The molecule has 0 spiro atoms. The zero-order chi connectivity index (χ0) is 10.9. The molecule has 80 valence electrons. The molecule has 0 aliphatic rings. The van der Waals surface area contributed by atoms with E-state index in [2.05, 4.69) is 35.7 Å². The number of nitrogens with one attached hydrogen (secondary N) is 1. The van der Waals surface area contributed by atoms with Crippen LogP contribution in [0.1, 0.15) is 34.1 Å². The monoisotopic (exact) mass is 187 g/mol. The minimum absolute atomic E-state index is 0.802. The Morgan fingerprint density at radius 1 is 1.23 bits per heavy atom. The van der Waals surface area contributed by atoms with Crippen LogP contribution in [0.5, 0.6) is 0 Å². The molecule has 0 saturated carbocycles. The van der Waals surface area contributed by atoms with Gasteiger partial charge in [-0.05, 0) is 20.9 Å². The fraction of sp³-hybridized carbons (Fsp3) is 0.818. The molecule has 0 radical (unpaired) electrons. The zero-order valence-electron chi connectivity index (χ0n) is 10.0. The van der Waals surface area contributed by atoms with Crippen molar-refractivity contribution in [1.82, 2.24) is 5.32 Å². The average Bonchev–Trinajstić information content (AvgIpc) is 2.16. The highest BCUT2D eigenvalue weighted by Crippen LogP contribution is 1.56. The second-order valence-corrected chi connectivity index (χ2v) is 2.24. The van der Waals surface area contributed by atoms with Crippen LogP contribution in [0.15, 0.2) is 0 Å². The second-order valence-electron chi connectivity index (χ2n) is 2.24. The van der Waals surface area contributed by atoms with E-state index < -0.39 is 0 Å². The Hall–Kier alpha value is -0.520. The van der Waals surface area contributed by atoms with Gasteiger partial charge in [-0.25, -0.2) is 0 Å². The van der Waals surface area contributed by atoms with Gasteiger partial charge in [-0.3, -0.25) is 0 Å². The Kier molecular flexibility index (Phi) is 42.3. The van der Waals surface area contributed by atoms with E-state index in [1.807, 2.05) is 20.9 Å². The Morgan fingerprint density at radius 2 is 1.62 bits per heavy atom. The van der Waals surface area contributed by atoms with E-state index in [1.54, 1.807) is 7.11 Å². The third kappa shape index (κ3) is 85.2. The van der Waals surface area contributed by atoms with Gasteiger partial charge in [0.05, 0.1) is 6.54 Å². The molecule has 13 heavy (non-hydrogen) atoms. The van der Waals surface area contributed by atoms with Crippen LogP contribution < -0.4 is 5.32 Å². The predicted molar refractivity (Wildman–Crippen MR) is 60.9 cm³/mol. The third-order valence-corrected chi connectivity index (χ3v) is 0.731. The molecule has 0 aromatic rings. The summed E-state index contributed by atoms with van der Waals surface area (Å²) in [4.78, 5) is 0. The topological polar surface area (TPSA) is 21.3 Å². The van der Waals surface area contributed by atoms with Crippen LogP contribution in [0.3, 0.4) is 0 Å². The Bertz CT molecular complexity index is 100. The molecule has 0 aliphatic heterocycles. The first-order chi connectivity index (χ1) is 6.24. The summed E-state index contributed by atoms with van der Waals surface area (Å²) in [6, 6.07) is 0. The smallest absolute Gasteiger partial charge is 0.0573 e. The Labute approximate surface area is 84.1 Å². The van der Waals surface area contributed by atoms with Crippen LogP contribution in [0.25, 0.3) is 0 Å². The van der Waals surface area contributed by atoms with Crippen molar-refractivity contribution in [3.05, 3.63) is 0 Å². The van der Waals surface area contributed by atoms with Gasteiger partial charge in [0.1, 0.15) is 0 Å². The van der Waals surface area contributed by atoms with Gasteiger partial charge in [0, 0.05) is 13.7 Å². The van der Waals surface area contributed by atoms with Crippen molar-refractivity contribution in [1.29, 1.82) is 0 Å². The van der Waals surface area contributed by atoms with Crippen molar-refractivity contribution in [2.45, 2.75) is 34.1 Å². The summed E-state index contributed by atoms with van der Waals surface area (Å²) >= 11 is 0. The van der Waals surface area contributed by atoms with Gasteiger partial charge < -0.3 is 10.1 Å². The molecule has 0 heterocycles. The number of ether oxygens (including phenoxy) is 1. The van der Waals surface area contributed by atoms with E-state index in [9.17, 15) is 0 Å². The lowest BCUT2D eigenvalue weighted by molar-refractivity contribution is 0.215. The second kappa shape index (κ2) is 30.0. The van der Waals surface area contributed by atoms with Gasteiger partial charge in [-0.2, -0.15) is 0 Å². The Morgan fingerprint density at radius 3 is 1.69 bits per heavy atom. The zero-order valence-corrected chi connectivity index (χ0v) is 10.0. The van der Waals surface area contributed by atoms with Gasteiger partial charge in [-0.15, -0.1) is 5.92 Å². The lowest BCUT2D eigenvalue weighted by atomic mass is 10.6. The summed E-state index contributed by atoms with van der Waals surface area (Å²) in [5, 5.41) is 2.90. The van der Waals surface area contributed by atoms with E-state index in [0.717, 1.165) is 13.2 Å². The fourth-order valence-corrected chi connectivity index (χ4v) is 0.177. The van der Waals surface area contributed by atoms with E-state index in [0.29, 0.717) is 0 Å². The van der Waals surface area contributed by atoms with Crippen molar-refractivity contribution >= 4 is 0 Å². The molecular formula is C11H25NO. The minimum Gasteiger partial charge on any atom is -0.385 e. The molecule has 1 N–H and O–H groups in total. The Balaban J connectivity index is -0.000000125. The summed E-state index contributed by atoms with van der Waals surface area (Å²) in [7, 11) is 3.56. The van der Waals surface area contributed by atoms with Crippen LogP contribution in [-0.4, -0.2) is 27.3 Å². The third-order valence-electron chi connectivity index (χ3n) is 0.731. The highest BCUT2D eigenvalue weighted by Gasteiger charge is 1.59. The fourth-order valence-electron chi connectivity index (χ4n) is 0.177. The summed E-state index contributed by atoms with van der Waals surface area (Å²) in [6.07, 6.45) is 1.25. The molecule has 0 aromatic heterocycles. The van der Waals surface area contributed by atoms with Crippen molar-refractivity contribution in [3.63, 3.8) is 0 Å². The van der Waals surface area contributed by atoms with Crippen LogP contribution in [0, 0.1) is 11.8 Å². The highest BCUT2D eigenvalue weighted by atomic mass is 16.5. The number of hydrogen-bond acceptors (Lipinski definition) is 2. The summed E-state index contributed by atoms with van der Waals surface area (Å²) in [5.74, 6) is 5.59. The molecule has 0 atom stereocenters. The molecule has 0 bridgehead atoms. The number of rotatable bonds is 2. The van der Waals surface area contributed by atoms with E-state index in [4.69, 9.17) is 0 Å². The average molecular weight is 187 g/mol. The minimum atomic E-state index is 0.802. The lowest BCUT2D eigenvalue weighted by Crippen LogP contribution is -2.03. The van der Waals surface area contributed by atoms with E-state index >= 15 is 0 Å². The summed E-state index contributed by atoms with van der Waals surface area (Å²) < 4.78 is 4.54. The first kappa shape index (κ1) is 18.3. The molecule has 0 fully saturated rings. The lowest BCUT2D eigenvalue weighted by Gasteiger charge is -1.78. The largest absolute Gasteiger partial charge is 0.385 e. The predicted octanol–water partition coefficient (Wildman–Crippen LogP) is 2.30. The molecule has 0 saturated heterocycles. The number of methoxy groups -OCH3 is 1. The van der Waals surface area contributed by atoms with Crippen LogP contribution in [0.2, 0.25) is 0 Å². The van der Waals surface area contributed by atoms with Crippen molar-refractivity contribution in [2.24, 2.45) is 0 Å². The first-order valence-electron chi connectivity index (χ1n) is 4.78. The normalized spacial score (nSPS) is 6.62. The highest BCUT2D eigenvalue weighted by molar-refractivity contribution is 4.96. The van der Waals surface area contributed by atoms with Gasteiger partial charge in [0.25, 0.3) is 0 Å². The molecule has 0 aromatic carbocycles. The molecule has 0 amide bonds. The van der Waals surface area contributed by atoms with Crippen molar-refractivity contribution in [3.8, 4) is 11.8 Å². The standard InChI is InChI=1S/C5H9N.C3H8O.C3H8/c1-3-4-5-6-2;1-3-4-2;1-3-2/h6H,5H2,1-2H3;3H2,1-2H3;3H2,1-2H3. The van der Waals surface area contributed by atoms with E-state index in [1.165, 1.54) is 6.42 Å². The van der Waals surface area contributed by atoms with Crippen molar-refractivity contribution in [2.75, 3.05) is 27.3 Å². The van der Waals surface area contributed by atoms with Gasteiger partial charge in [0.15, 0.2) is 0 Å². The van der Waals surface area contributed by atoms with Crippen LogP contribution >= 0.6 is 0 Å². The van der Waals surface area contributed by atoms with Crippen LogP contribution in [-0.2, 0) is 4.74 Å². The SMILES string of the molecule is CC#CCNC.CCC.CCOC. The van der Waals surface area contributed by atoms with Gasteiger partial charge >= 0.3 is 0 Å². The maximum Gasteiger partial charge on any atom is 0.0573 e. The first-order valence-corrected chi connectivity index (χ1v) is 4.78. The quantitative estimate of drug-likeness (QED) is 0.670. The maximum atomic E-state index is 4.54. The number of hydrogen-bond donors (Lipinski definition) is 1. The molecule has 0 aliphatic carbocycles.